The Kier molecular flexibility index (Phi) is 1.53. The average molecular weight is 143 g/mol. The van der Waals surface area contributed by atoms with E-state index in [2.05, 4.69) is 14.8 Å². The van der Waals surface area contributed by atoms with E-state index in [1.807, 2.05) is 5.10 Å². The predicted molar refractivity (Wildman–Crippen MR) is 30.5 cm³/mol. The molecule has 0 aromatic carbocycles. The molecule has 1 amide bonds. The van der Waals surface area contributed by atoms with E-state index in [-0.39, 0.29) is 5.89 Å². The van der Waals surface area contributed by atoms with Crippen LogP contribution in [0, 0.1) is 0 Å². The summed E-state index contributed by atoms with van der Waals surface area (Å²) in [5, 5.41) is 7.46. The molecule has 1 aromatic rings. The summed E-state index contributed by atoms with van der Waals surface area (Å²) in [4.78, 5) is 20.8. The number of aromatic nitrogens is 2. The molecule has 10 heavy (non-hydrogen) atoms. The Morgan fingerprint density at radius 2 is 2.50 bits per heavy atom. The third kappa shape index (κ3) is 1.04. The normalized spacial score (nSPS) is 9.30. The van der Waals surface area contributed by atoms with E-state index in [0.717, 1.165) is 0 Å². The molecule has 0 aliphatic rings. The lowest BCUT2D eigenvalue weighted by molar-refractivity contribution is 0.0927. The van der Waals surface area contributed by atoms with Gasteiger partial charge in [-0.3, -0.25) is 4.79 Å². The molecular formula is C4H5N3O3. The molecule has 0 aliphatic carbocycles. The molecule has 0 unspecified atom stereocenters. The van der Waals surface area contributed by atoms with Gasteiger partial charge < -0.3 is 9.73 Å². The van der Waals surface area contributed by atoms with Crippen LogP contribution >= 0.6 is 0 Å². The molecule has 0 bridgehead atoms. The monoisotopic (exact) mass is 143 g/mol. The van der Waals surface area contributed by atoms with Crippen LogP contribution in [0.4, 0.5) is 0 Å². The minimum absolute atomic E-state index is 0.257. The van der Waals surface area contributed by atoms with E-state index >= 15 is 0 Å². The lowest BCUT2D eigenvalue weighted by Gasteiger charge is -1.87. The van der Waals surface area contributed by atoms with E-state index in [0.29, 0.717) is 0 Å². The molecule has 1 heterocycles. The Labute approximate surface area is 55.2 Å². The highest BCUT2D eigenvalue weighted by Crippen LogP contribution is 1.83. The van der Waals surface area contributed by atoms with Crippen LogP contribution in [0.1, 0.15) is 10.7 Å². The van der Waals surface area contributed by atoms with Crippen molar-refractivity contribution in [3.63, 3.8) is 0 Å². The lowest BCUT2D eigenvalue weighted by atomic mass is 10.6. The van der Waals surface area contributed by atoms with Gasteiger partial charge in [0.05, 0.1) is 0 Å². The molecule has 2 N–H and O–H groups in total. The first-order valence-electron chi connectivity index (χ1n) is 2.51. The van der Waals surface area contributed by atoms with Crippen LogP contribution in [-0.2, 0) is 0 Å². The van der Waals surface area contributed by atoms with E-state index < -0.39 is 11.7 Å². The molecule has 6 heteroatoms. The topological polar surface area (TPSA) is 88.0 Å². The molecule has 0 atom stereocenters. The SMILES string of the molecule is CNC(=O)c1n[nH]c(=O)o1. The standard InChI is InChI=1S/C4H5N3O3/c1-5-2(8)3-6-7-4(9)10-3/h1H3,(H,5,8)(H,7,9). The fourth-order valence-electron chi connectivity index (χ4n) is 0.434. The highest BCUT2D eigenvalue weighted by molar-refractivity contribution is 5.88. The molecule has 0 saturated heterocycles. The summed E-state index contributed by atoms with van der Waals surface area (Å²) in [6.45, 7) is 0. The summed E-state index contributed by atoms with van der Waals surface area (Å²) in [5.74, 6) is -1.52. The zero-order valence-corrected chi connectivity index (χ0v) is 5.17. The van der Waals surface area contributed by atoms with E-state index in [4.69, 9.17) is 0 Å². The molecule has 0 spiro atoms. The summed E-state index contributed by atoms with van der Waals surface area (Å²) in [7, 11) is 1.41. The number of carbonyl (C=O) groups is 1. The third-order valence-electron chi connectivity index (χ3n) is 0.859. The van der Waals surface area contributed by atoms with Gasteiger partial charge in [0.1, 0.15) is 0 Å². The number of hydrogen-bond donors (Lipinski definition) is 2. The van der Waals surface area contributed by atoms with E-state index in [9.17, 15) is 9.59 Å². The summed E-state index contributed by atoms with van der Waals surface area (Å²) >= 11 is 0. The number of carbonyl (C=O) groups excluding carboxylic acids is 1. The van der Waals surface area contributed by atoms with Crippen molar-refractivity contribution in [1.82, 2.24) is 15.5 Å². The van der Waals surface area contributed by atoms with E-state index in [1.165, 1.54) is 7.05 Å². The molecule has 1 rings (SSSR count). The number of nitrogens with zero attached hydrogens (tertiary/aromatic N) is 1. The van der Waals surface area contributed by atoms with Crippen LogP contribution in [0.2, 0.25) is 0 Å². The van der Waals surface area contributed by atoms with Crippen molar-refractivity contribution in [3.8, 4) is 0 Å². The first kappa shape index (κ1) is 6.53. The van der Waals surface area contributed by atoms with Gasteiger partial charge in [0.15, 0.2) is 0 Å². The first-order valence-corrected chi connectivity index (χ1v) is 2.51. The zero-order chi connectivity index (χ0) is 7.56. The van der Waals surface area contributed by atoms with Crippen molar-refractivity contribution in [1.29, 1.82) is 0 Å². The fraction of sp³-hybridized carbons (Fsp3) is 0.250. The van der Waals surface area contributed by atoms with Crippen LogP contribution in [0.25, 0.3) is 0 Å². The van der Waals surface area contributed by atoms with Gasteiger partial charge in [0.25, 0.3) is 0 Å². The van der Waals surface area contributed by atoms with Crippen LogP contribution in [0.15, 0.2) is 9.21 Å². The summed E-state index contributed by atoms with van der Waals surface area (Å²) < 4.78 is 4.30. The largest absolute Gasteiger partial charge is 0.434 e. The number of amides is 1. The van der Waals surface area contributed by atoms with Crippen molar-refractivity contribution in [2.75, 3.05) is 7.05 Å². The lowest BCUT2D eigenvalue weighted by Crippen LogP contribution is -2.18. The highest BCUT2D eigenvalue weighted by Gasteiger charge is 2.08. The smallest absolute Gasteiger partial charge is 0.383 e. The highest BCUT2D eigenvalue weighted by atomic mass is 16.4. The maximum atomic E-state index is 10.6. The fourth-order valence-corrected chi connectivity index (χ4v) is 0.434. The van der Waals surface area contributed by atoms with Gasteiger partial charge in [0, 0.05) is 7.05 Å². The maximum absolute atomic E-state index is 10.6. The molecule has 1 aromatic heterocycles. The number of aromatic amines is 1. The summed E-state index contributed by atoms with van der Waals surface area (Å²) in [5.41, 5.74) is 0. The zero-order valence-electron chi connectivity index (χ0n) is 5.17. The second-order valence-corrected chi connectivity index (χ2v) is 1.50. The Morgan fingerprint density at radius 1 is 1.80 bits per heavy atom. The number of nitrogens with one attached hydrogen (secondary N) is 2. The van der Waals surface area contributed by atoms with Crippen LogP contribution < -0.4 is 11.1 Å². The molecule has 0 saturated carbocycles. The molecule has 6 nitrogen and oxygen atoms in total. The number of H-pyrrole nitrogens is 1. The van der Waals surface area contributed by atoms with Gasteiger partial charge in [-0.25, -0.2) is 9.89 Å². The quantitative estimate of drug-likeness (QED) is 0.512. The summed E-state index contributed by atoms with van der Waals surface area (Å²) in [6, 6.07) is 0. The van der Waals surface area contributed by atoms with Gasteiger partial charge in [-0.05, 0) is 0 Å². The molecule has 0 aliphatic heterocycles. The van der Waals surface area contributed by atoms with Crippen molar-refractivity contribution in [2.24, 2.45) is 0 Å². The van der Waals surface area contributed by atoms with Crippen molar-refractivity contribution < 1.29 is 9.21 Å². The molecule has 0 radical (unpaired) electrons. The minimum Gasteiger partial charge on any atom is -0.383 e. The Morgan fingerprint density at radius 3 is 2.90 bits per heavy atom. The van der Waals surface area contributed by atoms with Gasteiger partial charge >= 0.3 is 17.6 Å². The Hall–Kier alpha value is -1.59. The van der Waals surface area contributed by atoms with E-state index in [1.54, 1.807) is 0 Å². The second kappa shape index (κ2) is 2.34. The summed E-state index contributed by atoms with van der Waals surface area (Å²) in [6.07, 6.45) is 0. The number of rotatable bonds is 1. The van der Waals surface area contributed by atoms with Gasteiger partial charge in [0.2, 0.25) is 0 Å². The van der Waals surface area contributed by atoms with Crippen molar-refractivity contribution in [2.45, 2.75) is 0 Å². The third-order valence-corrected chi connectivity index (χ3v) is 0.859. The van der Waals surface area contributed by atoms with Gasteiger partial charge in [-0.2, -0.15) is 0 Å². The van der Waals surface area contributed by atoms with Crippen LogP contribution in [0.3, 0.4) is 0 Å². The van der Waals surface area contributed by atoms with Crippen LogP contribution in [0.5, 0.6) is 0 Å². The second-order valence-electron chi connectivity index (χ2n) is 1.50. The van der Waals surface area contributed by atoms with Gasteiger partial charge in [-0.1, -0.05) is 0 Å². The Balaban J connectivity index is 2.95. The molecule has 0 fully saturated rings. The predicted octanol–water partition coefficient (Wildman–Crippen LogP) is -1.28. The molecular weight excluding hydrogens is 138 g/mol. The minimum atomic E-state index is -0.737. The number of hydrogen-bond acceptors (Lipinski definition) is 4. The van der Waals surface area contributed by atoms with Crippen molar-refractivity contribution >= 4 is 5.91 Å². The molecule has 54 valence electrons. The Bertz CT molecular complexity index is 286. The van der Waals surface area contributed by atoms with Crippen LogP contribution in [-0.4, -0.2) is 23.2 Å². The first-order chi connectivity index (χ1) is 4.74. The van der Waals surface area contributed by atoms with Gasteiger partial charge in [-0.15, -0.1) is 5.10 Å². The average Bonchev–Trinajstić information content (AvgIpc) is 2.34. The maximum Gasteiger partial charge on any atom is 0.434 e. The van der Waals surface area contributed by atoms with Crippen molar-refractivity contribution in [3.05, 3.63) is 16.4 Å².